The largest absolute Gasteiger partial charge is 0.493 e. The van der Waals surface area contributed by atoms with E-state index >= 15 is 0 Å². The van der Waals surface area contributed by atoms with Crippen LogP contribution in [0.1, 0.15) is 28.4 Å². The summed E-state index contributed by atoms with van der Waals surface area (Å²) >= 11 is 6.57. The van der Waals surface area contributed by atoms with Gasteiger partial charge in [0.1, 0.15) is 0 Å². The zero-order valence-corrected chi connectivity index (χ0v) is 17.7. The molecule has 1 aliphatic heterocycles. The predicted octanol–water partition coefficient (Wildman–Crippen LogP) is 4.51. The van der Waals surface area contributed by atoms with Crippen LogP contribution in [0, 0.1) is 6.92 Å². The fourth-order valence-corrected chi connectivity index (χ4v) is 4.14. The molecule has 0 radical (unpaired) electrons. The van der Waals surface area contributed by atoms with Gasteiger partial charge in [0.25, 0.3) is 5.91 Å². The number of nitrogens with zero attached hydrogens (tertiary/aromatic N) is 1. The molecular weight excluding hydrogens is 410 g/mol. The van der Waals surface area contributed by atoms with Crippen LogP contribution < -0.4 is 14.4 Å². The number of aromatic carboxylic acids is 1. The summed E-state index contributed by atoms with van der Waals surface area (Å²) in [6.07, 6.45) is 1.73. The van der Waals surface area contributed by atoms with Crippen molar-refractivity contribution in [1.29, 1.82) is 0 Å². The number of aryl methyl sites for hydroxylation is 1. The van der Waals surface area contributed by atoms with Crippen molar-refractivity contribution in [3.05, 3.63) is 58.0 Å². The number of hydrogen-bond acceptors (Lipinski definition) is 6. The summed E-state index contributed by atoms with van der Waals surface area (Å²) < 4.78 is 11.2. The lowest BCUT2D eigenvalue weighted by molar-refractivity contribution is -0.113. The van der Waals surface area contributed by atoms with Gasteiger partial charge in [0.2, 0.25) is 0 Å². The van der Waals surface area contributed by atoms with Crippen molar-refractivity contribution in [2.24, 2.45) is 0 Å². The fraction of sp³-hybridized carbons (Fsp3) is 0.190. The van der Waals surface area contributed by atoms with Crippen molar-refractivity contribution in [2.75, 3.05) is 18.6 Å². The number of amides is 1. The number of benzene rings is 2. The molecule has 2 aromatic rings. The van der Waals surface area contributed by atoms with Gasteiger partial charge in [-0.25, -0.2) is 4.79 Å². The second-order valence-corrected chi connectivity index (χ2v) is 7.84. The SMILES string of the molecule is CCOc1ccc(C=C2SC(=S)N(c3cc(C(=O)O)ccc3C)C2=O)cc1OC. The van der Waals surface area contributed by atoms with E-state index < -0.39 is 5.97 Å². The summed E-state index contributed by atoms with van der Waals surface area (Å²) in [5.74, 6) is -0.158. The summed E-state index contributed by atoms with van der Waals surface area (Å²) in [4.78, 5) is 26.2. The number of ether oxygens (including phenoxy) is 2. The van der Waals surface area contributed by atoms with Gasteiger partial charge in [0, 0.05) is 0 Å². The average molecular weight is 430 g/mol. The van der Waals surface area contributed by atoms with Gasteiger partial charge >= 0.3 is 5.97 Å². The first-order valence-electron chi connectivity index (χ1n) is 8.78. The van der Waals surface area contributed by atoms with Crippen molar-refractivity contribution in [3.63, 3.8) is 0 Å². The van der Waals surface area contributed by atoms with E-state index in [4.69, 9.17) is 21.7 Å². The first kappa shape index (κ1) is 20.9. The highest BCUT2D eigenvalue weighted by Crippen LogP contribution is 2.38. The monoisotopic (exact) mass is 429 g/mol. The average Bonchev–Trinajstić information content (AvgIpc) is 2.96. The fourth-order valence-electron chi connectivity index (χ4n) is 2.86. The first-order chi connectivity index (χ1) is 13.8. The second-order valence-electron chi connectivity index (χ2n) is 6.17. The van der Waals surface area contributed by atoms with Gasteiger partial charge in [-0.15, -0.1) is 0 Å². The van der Waals surface area contributed by atoms with Gasteiger partial charge in [0.15, 0.2) is 15.8 Å². The van der Waals surface area contributed by atoms with Crippen LogP contribution in [0.4, 0.5) is 5.69 Å². The number of thioether (sulfide) groups is 1. The second kappa shape index (κ2) is 8.67. The van der Waals surface area contributed by atoms with Crippen LogP contribution >= 0.6 is 24.0 Å². The summed E-state index contributed by atoms with van der Waals surface area (Å²) in [5, 5.41) is 9.26. The molecule has 0 aromatic heterocycles. The third-order valence-corrected chi connectivity index (χ3v) is 5.58. The minimum Gasteiger partial charge on any atom is -0.493 e. The molecule has 0 unspecified atom stereocenters. The summed E-state index contributed by atoms with van der Waals surface area (Å²) in [6, 6.07) is 10.0. The smallest absolute Gasteiger partial charge is 0.335 e. The molecule has 29 heavy (non-hydrogen) atoms. The van der Waals surface area contributed by atoms with Crippen molar-refractivity contribution < 1.29 is 24.2 Å². The molecule has 0 atom stereocenters. The van der Waals surface area contributed by atoms with Crippen LogP contribution in [0.5, 0.6) is 11.5 Å². The number of carboxylic acids is 1. The molecule has 1 aliphatic rings. The summed E-state index contributed by atoms with van der Waals surface area (Å²) in [7, 11) is 1.55. The Balaban J connectivity index is 1.95. The van der Waals surface area contributed by atoms with E-state index in [2.05, 4.69) is 0 Å². The number of methoxy groups -OCH3 is 1. The molecule has 2 aromatic carbocycles. The van der Waals surface area contributed by atoms with Crippen LogP contribution in [0.25, 0.3) is 6.08 Å². The predicted molar refractivity (Wildman–Crippen MR) is 118 cm³/mol. The lowest BCUT2D eigenvalue weighted by Gasteiger charge is -2.17. The number of anilines is 1. The van der Waals surface area contributed by atoms with Crippen molar-refractivity contribution in [3.8, 4) is 11.5 Å². The number of carboxylic acid groups (broad SMARTS) is 1. The highest BCUT2D eigenvalue weighted by molar-refractivity contribution is 8.27. The van der Waals surface area contributed by atoms with Gasteiger partial charge in [-0.05, 0) is 55.3 Å². The molecular formula is C21H19NO5S2. The Bertz CT molecular complexity index is 1030. The quantitative estimate of drug-likeness (QED) is 0.535. The van der Waals surface area contributed by atoms with E-state index in [-0.39, 0.29) is 11.5 Å². The normalized spacial score (nSPS) is 15.1. The molecule has 0 saturated carbocycles. The van der Waals surface area contributed by atoms with Crippen LogP contribution in [0.15, 0.2) is 41.3 Å². The summed E-state index contributed by atoms with van der Waals surface area (Å²) in [5.41, 5.74) is 2.09. The Labute approximate surface area is 178 Å². The number of carbonyl (C=O) groups is 2. The van der Waals surface area contributed by atoms with E-state index in [0.29, 0.717) is 33.0 Å². The standard InChI is InChI=1S/C21H19NO5S2/c1-4-27-16-8-6-13(9-17(16)26-3)10-18-19(23)22(21(28)29-18)15-11-14(20(24)25)7-5-12(15)2/h5-11H,4H2,1-3H3,(H,24,25). The molecule has 1 N–H and O–H groups in total. The van der Waals surface area contributed by atoms with Crippen LogP contribution in [0.3, 0.4) is 0 Å². The molecule has 8 heteroatoms. The molecule has 3 rings (SSSR count). The molecule has 0 aliphatic carbocycles. The summed E-state index contributed by atoms with van der Waals surface area (Å²) in [6.45, 7) is 4.21. The Morgan fingerprint density at radius 1 is 1.24 bits per heavy atom. The third-order valence-electron chi connectivity index (χ3n) is 4.28. The van der Waals surface area contributed by atoms with Gasteiger partial charge < -0.3 is 14.6 Å². The Hall–Kier alpha value is -2.84. The zero-order chi connectivity index (χ0) is 21.1. The maximum Gasteiger partial charge on any atom is 0.335 e. The van der Waals surface area contributed by atoms with Crippen LogP contribution in [-0.2, 0) is 4.79 Å². The first-order valence-corrected chi connectivity index (χ1v) is 10.0. The number of carbonyl (C=O) groups excluding carboxylic acids is 1. The van der Waals surface area contributed by atoms with Gasteiger partial charge in [-0.2, -0.15) is 0 Å². The van der Waals surface area contributed by atoms with E-state index in [0.717, 1.165) is 11.1 Å². The molecule has 1 heterocycles. The minimum absolute atomic E-state index is 0.0971. The van der Waals surface area contributed by atoms with Crippen LogP contribution in [0.2, 0.25) is 0 Å². The van der Waals surface area contributed by atoms with Gasteiger partial charge in [-0.3, -0.25) is 9.69 Å². The van der Waals surface area contributed by atoms with Crippen molar-refractivity contribution >= 4 is 51.9 Å². The molecule has 150 valence electrons. The van der Waals surface area contributed by atoms with Gasteiger partial charge in [0.05, 0.1) is 29.9 Å². The minimum atomic E-state index is -1.06. The molecule has 0 bridgehead atoms. The molecule has 6 nitrogen and oxygen atoms in total. The highest BCUT2D eigenvalue weighted by atomic mass is 32.2. The molecule has 0 spiro atoms. The third kappa shape index (κ3) is 4.28. The maximum absolute atomic E-state index is 13.0. The molecule has 1 saturated heterocycles. The Kier molecular flexibility index (Phi) is 6.24. The van der Waals surface area contributed by atoms with Gasteiger partial charge in [-0.1, -0.05) is 36.1 Å². The van der Waals surface area contributed by atoms with E-state index in [1.165, 1.54) is 28.8 Å². The topological polar surface area (TPSA) is 76.1 Å². The van der Waals surface area contributed by atoms with Crippen molar-refractivity contribution in [1.82, 2.24) is 0 Å². The maximum atomic E-state index is 13.0. The molecule has 1 amide bonds. The van der Waals surface area contributed by atoms with E-state index in [1.54, 1.807) is 38.3 Å². The number of thiocarbonyl (C=S) groups is 1. The Morgan fingerprint density at radius 2 is 2.00 bits per heavy atom. The lowest BCUT2D eigenvalue weighted by Crippen LogP contribution is -2.28. The number of rotatable bonds is 6. The number of hydrogen-bond donors (Lipinski definition) is 1. The molecule has 1 fully saturated rings. The van der Waals surface area contributed by atoms with Crippen LogP contribution in [-0.4, -0.2) is 35.0 Å². The van der Waals surface area contributed by atoms with E-state index in [1.807, 2.05) is 13.0 Å². The Morgan fingerprint density at radius 3 is 2.66 bits per heavy atom. The van der Waals surface area contributed by atoms with E-state index in [9.17, 15) is 14.7 Å². The highest BCUT2D eigenvalue weighted by Gasteiger charge is 2.34. The zero-order valence-electron chi connectivity index (χ0n) is 16.1. The lowest BCUT2D eigenvalue weighted by atomic mass is 10.1. The van der Waals surface area contributed by atoms with Crippen molar-refractivity contribution in [2.45, 2.75) is 13.8 Å².